The average molecular weight is 287 g/mol. The van der Waals surface area contributed by atoms with Gasteiger partial charge < -0.3 is 10.6 Å². The molecule has 2 saturated heterocycles. The molecule has 3 heteroatoms. The molecular formula is C18H29N3. The van der Waals surface area contributed by atoms with Gasteiger partial charge in [0.1, 0.15) is 0 Å². The third-order valence-corrected chi connectivity index (χ3v) is 5.47. The monoisotopic (exact) mass is 287 g/mol. The van der Waals surface area contributed by atoms with Crippen LogP contribution in [0.4, 0.5) is 5.69 Å². The van der Waals surface area contributed by atoms with Crippen LogP contribution in [0.1, 0.15) is 38.5 Å². The van der Waals surface area contributed by atoms with E-state index >= 15 is 0 Å². The molecular weight excluding hydrogens is 258 g/mol. The largest absolute Gasteiger partial charge is 0.371 e. The minimum atomic E-state index is 0.260. The fourth-order valence-corrected chi connectivity index (χ4v) is 4.01. The Morgan fingerprint density at radius 3 is 2.05 bits per heavy atom. The van der Waals surface area contributed by atoms with E-state index in [4.69, 9.17) is 5.73 Å². The van der Waals surface area contributed by atoms with E-state index < -0.39 is 0 Å². The van der Waals surface area contributed by atoms with Crippen LogP contribution in [0.25, 0.3) is 0 Å². The molecule has 1 aromatic carbocycles. The van der Waals surface area contributed by atoms with Crippen LogP contribution in [0.2, 0.25) is 0 Å². The molecule has 0 aliphatic carbocycles. The number of nitrogens with two attached hydrogens (primary N) is 1. The van der Waals surface area contributed by atoms with Gasteiger partial charge in [-0.3, -0.25) is 4.90 Å². The molecule has 2 N–H and O–H groups in total. The lowest BCUT2D eigenvalue weighted by molar-refractivity contribution is 0.0725. The van der Waals surface area contributed by atoms with Crippen LogP contribution in [0.5, 0.6) is 0 Å². The van der Waals surface area contributed by atoms with E-state index in [2.05, 4.69) is 40.1 Å². The van der Waals surface area contributed by atoms with Gasteiger partial charge in [0, 0.05) is 30.9 Å². The summed E-state index contributed by atoms with van der Waals surface area (Å²) in [6.45, 7) is 5.59. The minimum Gasteiger partial charge on any atom is -0.371 e. The highest BCUT2D eigenvalue weighted by atomic mass is 15.2. The Labute approximate surface area is 129 Å². The van der Waals surface area contributed by atoms with E-state index in [1.54, 1.807) is 0 Å². The van der Waals surface area contributed by atoms with Crippen molar-refractivity contribution in [3.8, 4) is 0 Å². The van der Waals surface area contributed by atoms with Gasteiger partial charge in [0.2, 0.25) is 0 Å². The fourth-order valence-electron chi connectivity index (χ4n) is 4.01. The van der Waals surface area contributed by atoms with Crippen molar-refractivity contribution in [2.75, 3.05) is 37.6 Å². The van der Waals surface area contributed by atoms with Crippen molar-refractivity contribution >= 4 is 5.69 Å². The van der Waals surface area contributed by atoms with Crippen LogP contribution >= 0.6 is 0 Å². The number of hydrogen-bond donors (Lipinski definition) is 1. The molecule has 0 saturated carbocycles. The summed E-state index contributed by atoms with van der Waals surface area (Å²) in [6, 6.07) is 10.8. The van der Waals surface area contributed by atoms with Gasteiger partial charge in [-0.2, -0.15) is 0 Å². The van der Waals surface area contributed by atoms with Crippen molar-refractivity contribution in [3.63, 3.8) is 0 Å². The summed E-state index contributed by atoms with van der Waals surface area (Å²) >= 11 is 0. The van der Waals surface area contributed by atoms with Gasteiger partial charge in [0.15, 0.2) is 0 Å². The Kier molecular flexibility index (Phi) is 4.81. The molecule has 0 bridgehead atoms. The van der Waals surface area contributed by atoms with Crippen LogP contribution in [0, 0.1) is 0 Å². The lowest BCUT2D eigenvalue weighted by Gasteiger charge is -2.49. The highest BCUT2D eigenvalue weighted by molar-refractivity contribution is 5.46. The van der Waals surface area contributed by atoms with E-state index in [0.29, 0.717) is 0 Å². The molecule has 0 amide bonds. The van der Waals surface area contributed by atoms with Crippen molar-refractivity contribution in [2.24, 2.45) is 5.73 Å². The molecule has 21 heavy (non-hydrogen) atoms. The summed E-state index contributed by atoms with van der Waals surface area (Å²) in [5, 5.41) is 0. The van der Waals surface area contributed by atoms with Crippen molar-refractivity contribution in [1.29, 1.82) is 0 Å². The quantitative estimate of drug-likeness (QED) is 0.928. The first-order valence-electron chi connectivity index (χ1n) is 8.59. The minimum absolute atomic E-state index is 0.260. The van der Waals surface area contributed by atoms with Gasteiger partial charge in [-0.25, -0.2) is 0 Å². The van der Waals surface area contributed by atoms with Crippen LogP contribution < -0.4 is 10.6 Å². The summed E-state index contributed by atoms with van der Waals surface area (Å²) in [5.74, 6) is 0. The topological polar surface area (TPSA) is 32.5 Å². The molecule has 2 heterocycles. The maximum Gasteiger partial charge on any atom is 0.0366 e. The molecule has 2 aliphatic heterocycles. The van der Waals surface area contributed by atoms with Crippen molar-refractivity contribution in [3.05, 3.63) is 30.3 Å². The van der Waals surface area contributed by atoms with Gasteiger partial charge in [0.05, 0.1) is 0 Å². The highest BCUT2D eigenvalue weighted by Gasteiger charge is 2.38. The zero-order valence-electron chi connectivity index (χ0n) is 13.1. The number of rotatable bonds is 3. The van der Waals surface area contributed by atoms with E-state index in [-0.39, 0.29) is 5.54 Å². The zero-order chi connectivity index (χ0) is 14.5. The van der Waals surface area contributed by atoms with Crippen LogP contribution in [-0.4, -0.2) is 43.2 Å². The maximum atomic E-state index is 6.24. The van der Waals surface area contributed by atoms with Crippen molar-refractivity contribution in [2.45, 2.75) is 44.1 Å². The Bertz CT molecular complexity index is 415. The third-order valence-electron chi connectivity index (χ3n) is 5.47. The second-order valence-electron chi connectivity index (χ2n) is 6.65. The molecule has 2 fully saturated rings. The number of benzene rings is 1. The maximum absolute atomic E-state index is 6.24. The van der Waals surface area contributed by atoms with Gasteiger partial charge in [0.25, 0.3) is 0 Å². The van der Waals surface area contributed by atoms with Crippen molar-refractivity contribution < 1.29 is 0 Å². The van der Waals surface area contributed by atoms with Crippen LogP contribution in [0.3, 0.4) is 0 Å². The van der Waals surface area contributed by atoms with E-state index in [9.17, 15) is 0 Å². The molecule has 0 aromatic heterocycles. The SMILES string of the molecule is NCC1(N2CCCCCC2)CCN(c2ccccc2)CC1. The molecule has 0 spiro atoms. The van der Waals surface area contributed by atoms with Crippen LogP contribution in [0.15, 0.2) is 30.3 Å². The number of anilines is 1. The number of para-hydroxylation sites is 1. The molecule has 116 valence electrons. The standard InChI is InChI=1S/C18H29N3/c19-16-18(21-12-6-1-2-7-13-21)10-14-20(15-11-18)17-8-4-3-5-9-17/h3-5,8-9H,1-2,6-7,10-16,19H2. The number of likely N-dealkylation sites (tertiary alicyclic amines) is 1. The molecule has 0 unspecified atom stereocenters. The van der Waals surface area contributed by atoms with Gasteiger partial charge in [-0.15, -0.1) is 0 Å². The Morgan fingerprint density at radius 1 is 0.857 bits per heavy atom. The smallest absolute Gasteiger partial charge is 0.0366 e. The molecule has 3 rings (SSSR count). The number of hydrogen-bond acceptors (Lipinski definition) is 3. The highest BCUT2D eigenvalue weighted by Crippen LogP contribution is 2.32. The van der Waals surface area contributed by atoms with E-state index in [1.807, 2.05) is 0 Å². The number of piperidine rings is 1. The molecule has 1 aromatic rings. The first-order valence-corrected chi connectivity index (χ1v) is 8.59. The average Bonchev–Trinajstić information content (AvgIpc) is 2.85. The lowest BCUT2D eigenvalue weighted by atomic mass is 9.85. The summed E-state index contributed by atoms with van der Waals surface area (Å²) < 4.78 is 0. The normalized spacial score (nSPS) is 23.8. The van der Waals surface area contributed by atoms with E-state index in [1.165, 1.54) is 57.3 Å². The summed E-state index contributed by atoms with van der Waals surface area (Å²) in [6.07, 6.45) is 7.91. The second-order valence-corrected chi connectivity index (χ2v) is 6.65. The third kappa shape index (κ3) is 3.24. The Hall–Kier alpha value is -1.06. The van der Waals surface area contributed by atoms with E-state index in [0.717, 1.165) is 19.6 Å². The van der Waals surface area contributed by atoms with Crippen molar-refractivity contribution in [1.82, 2.24) is 4.90 Å². The first-order chi connectivity index (χ1) is 10.3. The Balaban J connectivity index is 1.66. The fraction of sp³-hybridized carbons (Fsp3) is 0.667. The first kappa shape index (κ1) is 14.9. The molecule has 0 radical (unpaired) electrons. The summed E-state index contributed by atoms with van der Waals surface area (Å²) in [7, 11) is 0. The Morgan fingerprint density at radius 2 is 1.48 bits per heavy atom. The molecule has 3 nitrogen and oxygen atoms in total. The second kappa shape index (κ2) is 6.80. The molecule has 2 aliphatic rings. The number of nitrogens with zero attached hydrogens (tertiary/aromatic N) is 2. The van der Waals surface area contributed by atoms with Crippen LogP contribution in [-0.2, 0) is 0 Å². The summed E-state index contributed by atoms with van der Waals surface area (Å²) in [5.41, 5.74) is 7.86. The molecule has 0 atom stereocenters. The van der Waals surface area contributed by atoms with Gasteiger partial charge in [-0.1, -0.05) is 31.0 Å². The van der Waals surface area contributed by atoms with Gasteiger partial charge >= 0.3 is 0 Å². The predicted molar refractivity (Wildman–Crippen MR) is 89.7 cm³/mol. The van der Waals surface area contributed by atoms with Gasteiger partial charge in [-0.05, 0) is 50.9 Å². The zero-order valence-corrected chi connectivity index (χ0v) is 13.1. The lowest BCUT2D eigenvalue weighted by Crippen LogP contribution is -2.59. The summed E-state index contributed by atoms with van der Waals surface area (Å²) in [4.78, 5) is 5.24. The predicted octanol–water partition coefficient (Wildman–Crippen LogP) is 2.86.